The van der Waals surface area contributed by atoms with E-state index in [0.717, 1.165) is 4.90 Å². The Bertz CT molecular complexity index is 4600. The van der Waals surface area contributed by atoms with Crippen molar-refractivity contribution in [3.05, 3.63) is 126 Å². The molecule has 43 heteroatoms. The number of unbranched alkanes of at least 4 members (excludes halogenated alkanes) is 1. The van der Waals surface area contributed by atoms with Gasteiger partial charge in [-0.3, -0.25) is 92.4 Å². The van der Waals surface area contributed by atoms with Crippen LogP contribution in [0.3, 0.4) is 0 Å². The summed E-state index contributed by atoms with van der Waals surface area (Å²) in [5.74, 6) is -16.6. The summed E-state index contributed by atoms with van der Waals surface area (Å²) in [7, 11) is 0. The molecular formula is C83H116N24O19. The average Bonchev–Trinajstić information content (AvgIpc) is 1.65. The van der Waals surface area contributed by atoms with Crippen molar-refractivity contribution in [2.24, 2.45) is 17.2 Å². The first kappa shape index (κ1) is 97.8. The highest BCUT2D eigenvalue weighted by Gasteiger charge is 2.46. The molecule has 682 valence electrons. The van der Waals surface area contributed by atoms with Gasteiger partial charge in [-0.15, -0.1) is 0 Å². The molecule has 2 aromatic heterocycles. The van der Waals surface area contributed by atoms with Crippen LogP contribution in [0, 0.1) is 10.8 Å². The van der Waals surface area contributed by atoms with Crippen LogP contribution in [-0.4, -0.2) is 283 Å². The Balaban J connectivity index is 1.07. The van der Waals surface area contributed by atoms with Gasteiger partial charge < -0.3 is 121 Å². The number of hydrogen-bond donors (Lipinski definition) is 23. The molecule has 0 spiro atoms. The average molecular weight is 1750 g/mol. The fourth-order valence-electron chi connectivity index (χ4n) is 15.4. The van der Waals surface area contributed by atoms with E-state index in [0.29, 0.717) is 39.8 Å². The van der Waals surface area contributed by atoms with Crippen molar-refractivity contribution in [2.75, 3.05) is 58.9 Å². The van der Waals surface area contributed by atoms with Gasteiger partial charge in [0, 0.05) is 93.8 Å². The maximum Gasteiger partial charge on any atom is 0.317 e. The van der Waals surface area contributed by atoms with E-state index in [4.69, 9.17) is 28.0 Å². The van der Waals surface area contributed by atoms with Gasteiger partial charge in [0.25, 0.3) is 0 Å². The topological polar surface area (TPSA) is 670 Å². The minimum absolute atomic E-state index is 0.000721. The number of aromatic nitrogens is 3. The molecule has 5 aromatic rings. The monoisotopic (exact) mass is 1750 g/mol. The minimum atomic E-state index is -2.00. The summed E-state index contributed by atoms with van der Waals surface area (Å²) in [4.78, 5) is 241. The van der Waals surface area contributed by atoms with Crippen LogP contribution in [0.25, 0.3) is 10.9 Å². The number of likely N-dealkylation sites (tertiary alicyclic amines) is 2. The molecular weight excluding hydrogens is 1640 g/mol. The number of carboxylic acids is 3. The van der Waals surface area contributed by atoms with Crippen molar-refractivity contribution in [1.29, 1.82) is 10.8 Å². The molecule has 26 N–H and O–H groups in total. The van der Waals surface area contributed by atoms with E-state index in [9.17, 15) is 68.1 Å². The normalized spacial score (nSPS) is 20.4. The number of H-pyrrole nitrogens is 2. The molecule has 0 bridgehead atoms. The summed E-state index contributed by atoms with van der Waals surface area (Å²) in [6, 6.07) is 6.55. The third kappa shape index (κ3) is 31.3. The number of aliphatic carboxylic acids is 3. The summed E-state index contributed by atoms with van der Waals surface area (Å²) in [6.07, 6.45) is 2.19. The molecule has 3 aliphatic rings. The maximum absolute atomic E-state index is 15.7. The molecule has 12 unspecified atom stereocenters. The van der Waals surface area contributed by atoms with Crippen LogP contribution in [0.4, 0.5) is 0 Å². The second kappa shape index (κ2) is 49.6. The Morgan fingerprint density at radius 1 is 0.556 bits per heavy atom. The Labute approximate surface area is 726 Å². The van der Waals surface area contributed by atoms with E-state index >= 15 is 24.0 Å². The zero-order chi connectivity index (χ0) is 91.4. The number of benzene rings is 3. The maximum atomic E-state index is 15.7. The summed E-state index contributed by atoms with van der Waals surface area (Å²) in [6.45, 7) is 0.512. The number of nitrogens with one attached hydrogen (secondary N) is 17. The van der Waals surface area contributed by atoms with Crippen LogP contribution in [0.5, 0.6) is 0 Å². The Hall–Kier alpha value is -13.6. The predicted molar refractivity (Wildman–Crippen MR) is 456 cm³/mol. The molecule has 126 heavy (non-hydrogen) atoms. The van der Waals surface area contributed by atoms with E-state index in [1.807, 2.05) is 0 Å². The van der Waals surface area contributed by atoms with Crippen molar-refractivity contribution < 1.29 is 92.0 Å². The highest BCUT2D eigenvalue weighted by molar-refractivity contribution is 6.01. The van der Waals surface area contributed by atoms with Crippen LogP contribution >= 0.6 is 0 Å². The second-order valence-electron chi connectivity index (χ2n) is 31.3. The number of para-hydroxylation sites is 1. The number of nitrogens with two attached hydrogens (primary N) is 3. The van der Waals surface area contributed by atoms with Crippen molar-refractivity contribution in [3.63, 3.8) is 0 Å². The molecule has 13 amide bonds. The summed E-state index contributed by atoms with van der Waals surface area (Å²) in [5, 5.41) is 80.6. The number of carbonyl (C=O) groups is 16. The van der Waals surface area contributed by atoms with E-state index < -0.39 is 206 Å². The largest absolute Gasteiger partial charge is 0.481 e. The zero-order valence-electron chi connectivity index (χ0n) is 70.1. The first-order valence-corrected chi connectivity index (χ1v) is 42.1. The number of likely N-dealkylation sites (N-methyl/N-ethyl adjacent to an activating group) is 1. The summed E-state index contributed by atoms with van der Waals surface area (Å²) >= 11 is 0. The number of amides is 13. The van der Waals surface area contributed by atoms with Crippen LogP contribution in [0.15, 0.2) is 104 Å². The van der Waals surface area contributed by atoms with Gasteiger partial charge in [0.1, 0.15) is 66.5 Å². The lowest BCUT2D eigenvalue weighted by molar-refractivity contribution is -0.148. The van der Waals surface area contributed by atoms with Crippen molar-refractivity contribution in [3.8, 4) is 0 Å². The number of fused-ring (bicyclic) bond motifs is 1. The number of rotatable bonds is 40. The second-order valence-corrected chi connectivity index (χ2v) is 31.3. The number of imidazole rings is 1. The van der Waals surface area contributed by atoms with Crippen molar-refractivity contribution in [2.45, 2.75) is 208 Å². The van der Waals surface area contributed by atoms with Gasteiger partial charge in [-0.05, 0) is 126 Å². The molecule has 3 aromatic carbocycles. The predicted octanol–water partition coefficient (Wildman–Crippen LogP) is -3.70. The number of hydrogen-bond acceptors (Lipinski definition) is 21. The fraction of sp³-hybridized carbons (Fsp3) is 0.506. The molecule has 0 radical (unpaired) electrons. The quantitative estimate of drug-likeness (QED) is 0.0102. The smallest absolute Gasteiger partial charge is 0.317 e. The van der Waals surface area contributed by atoms with Gasteiger partial charge in [-0.1, -0.05) is 85.8 Å². The van der Waals surface area contributed by atoms with Crippen LogP contribution in [0.2, 0.25) is 0 Å². The number of nitrogens with zero attached hydrogens (tertiary/aromatic N) is 4. The third-order valence-corrected chi connectivity index (χ3v) is 21.7. The first-order chi connectivity index (χ1) is 60.3. The molecule has 3 aliphatic heterocycles. The summed E-state index contributed by atoms with van der Waals surface area (Å²) < 4.78 is 0. The van der Waals surface area contributed by atoms with Gasteiger partial charge in [-0.25, -0.2) is 4.98 Å². The number of guanidine groups is 2. The number of primary amides is 1. The molecule has 0 saturated carbocycles. The third-order valence-electron chi connectivity index (χ3n) is 21.7. The zero-order valence-corrected chi connectivity index (χ0v) is 70.1. The van der Waals surface area contributed by atoms with Crippen LogP contribution in [-0.2, 0) is 102 Å². The lowest BCUT2D eigenvalue weighted by Crippen LogP contribution is -2.61. The number of aromatic amines is 2. The van der Waals surface area contributed by atoms with Gasteiger partial charge in [0.15, 0.2) is 11.9 Å². The first-order valence-electron chi connectivity index (χ1n) is 42.1. The molecule has 0 aliphatic carbocycles. The standard InChI is InChI=1S/C83H116N24O19/c1-2-90-54-25-13-32-91-66(108)31-30-58(99-76(121)61(40-50-43-94-53-23-10-9-22-52(50)53)102-73(118)56(26-14-33-92-82(85)86)97-75(120)60(39-49-20-7-4-8-21-49)101-77(122)62(103-71(54)116)41-51-44-89-47-95-51)80(125)107-37-17-29-65(107)81(126)106-36-16-28-64(106)79(124)98-57(27-15-34-93-83(87)88)74(119)104-63(42-67(109)110)78(123)96-55(24-11-12-35-105(45-68(111)112)46-69(113)114)72(117)100-59(70(84)115)38-48-18-5-3-6-19-48/h3-10,18-23,43-44,47,54-65,90,94H,2,11-17,24-42,45-46H2,1H3,(H2,84,115)(H,89,95)(H,91,108)(H,96,123)(H,97,120)(H,98,124)(H,99,121)(H,100,117)(H,101,122)(H,102,118)(H,103,116)(H,104,119)(H,109,110)(H,111,112)(H,113,114)(H4,85,86,92)(H4,87,88,93). The van der Waals surface area contributed by atoms with Gasteiger partial charge >= 0.3 is 17.9 Å². The molecule has 8 rings (SSSR count). The van der Waals surface area contributed by atoms with Gasteiger partial charge in [0.05, 0.1) is 31.9 Å². The number of carboxylic acid groups (broad SMARTS) is 3. The van der Waals surface area contributed by atoms with E-state index in [2.05, 4.69) is 84.1 Å². The van der Waals surface area contributed by atoms with Crippen LogP contribution in [0.1, 0.15) is 132 Å². The lowest BCUT2D eigenvalue weighted by Gasteiger charge is -2.34. The lowest BCUT2D eigenvalue weighted by atomic mass is 10.0. The minimum Gasteiger partial charge on any atom is -0.481 e. The van der Waals surface area contributed by atoms with E-state index in [-0.39, 0.29) is 154 Å². The van der Waals surface area contributed by atoms with Crippen molar-refractivity contribution >= 4 is 118 Å². The van der Waals surface area contributed by atoms with E-state index in [1.165, 1.54) is 22.3 Å². The Kier molecular flexibility index (Phi) is 38.5. The van der Waals surface area contributed by atoms with Gasteiger partial charge in [-0.2, -0.15) is 0 Å². The Morgan fingerprint density at radius 2 is 1.10 bits per heavy atom. The van der Waals surface area contributed by atoms with Crippen LogP contribution < -0.4 is 86.3 Å². The highest BCUT2D eigenvalue weighted by Crippen LogP contribution is 2.28. The number of carbonyl (C=O) groups excluding carboxylic acids is 13. The summed E-state index contributed by atoms with van der Waals surface area (Å²) in [5.41, 5.74) is 19.8. The SMILES string of the molecule is CCNC1CCCNC(=O)CCC(C(=O)N2CCCC2C(=O)N2CCCC2C(=O)NC(CCCNC(=N)N)C(=O)NC(CC(=O)O)C(=O)NC(CCCCN(CC(=O)O)CC(=O)O)C(=O)NC(Cc2ccccc2)C(N)=O)NC(=O)C(Cc2c[nH]c3ccccc23)NC(=O)C(CCCNC(=N)N)NC(=O)C(Cc2ccccc2)NC(=O)C(Cc2cnc[nH]2)NC1=O. The highest BCUT2D eigenvalue weighted by atomic mass is 16.4. The fourth-order valence-corrected chi connectivity index (χ4v) is 15.4. The van der Waals surface area contributed by atoms with Gasteiger partial charge in [0.2, 0.25) is 76.8 Å². The molecule has 5 heterocycles. The Morgan fingerprint density at radius 3 is 1.73 bits per heavy atom. The molecule has 12 atom stereocenters. The van der Waals surface area contributed by atoms with Crippen molar-refractivity contribution in [1.82, 2.24) is 98.8 Å². The molecule has 3 fully saturated rings. The molecule has 43 nitrogen and oxygen atoms in total. The molecule has 3 saturated heterocycles. The van der Waals surface area contributed by atoms with E-state index in [1.54, 1.807) is 98.0 Å².